The van der Waals surface area contributed by atoms with Gasteiger partial charge in [0.2, 0.25) is 0 Å². The number of thioether (sulfide) groups is 1. The van der Waals surface area contributed by atoms with Gasteiger partial charge >= 0.3 is 6.15 Å². The van der Waals surface area contributed by atoms with E-state index in [1.165, 1.54) is 11.0 Å². The highest BCUT2D eigenvalue weighted by atomic mass is 32.2. The zero-order valence-corrected chi connectivity index (χ0v) is 13.6. The molecule has 2 aliphatic rings. The van der Waals surface area contributed by atoms with Crippen molar-refractivity contribution >= 4 is 51.7 Å². The fourth-order valence-corrected chi connectivity index (χ4v) is 3.93. The van der Waals surface area contributed by atoms with Gasteiger partial charge in [0.05, 0.1) is 4.91 Å². The quantitative estimate of drug-likeness (QED) is 0.569. The van der Waals surface area contributed by atoms with E-state index in [9.17, 15) is 14.0 Å². The Balaban J connectivity index is 0.000000595. The van der Waals surface area contributed by atoms with Crippen molar-refractivity contribution in [3.8, 4) is 0 Å². The summed E-state index contributed by atoms with van der Waals surface area (Å²) in [5.74, 6) is -0.888. The summed E-state index contributed by atoms with van der Waals surface area (Å²) in [6.07, 6.45) is 0.258. The standard InChI is InChI=1S/C14H10FNO2S2.CO2/c1-2-16-13(18)12(20-14(16)19)11-7-4-3-5-9(15)8(7)6-10(11)17;2-1-3/h3-5H,2,6H2,1H3;/b12-11-;. The predicted molar refractivity (Wildman–Crippen MR) is 84.6 cm³/mol. The van der Waals surface area contributed by atoms with E-state index in [0.29, 0.717) is 32.5 Å². The second kappa shape index (κ2) is 6.95. The van der Waals surface area contributed by atoms with E-state index in [-0.39, 0.29) is 24.3 Å². The number of benzene rings is 1. The van der Waals surface area contributed by atoms with Gasteiger partial charge in [-0.25, -0.2) is 4.39 Å². The van der Waals surface area contributed by atoms with Gasteiger partial charge in [-0.05, 0) is 18.6 Å². The van der Waals surface area contributed by atoms with Crippen molar-refractivity contribution in [3.05, 3.63) is 40.0 Å². The molecular formula is C15H10FNO4S2. The Kier molecular flexibility index (Phi) is 5.20. The number of ketones is 1. The highest BCUT2D eigenvalue weighted by Crippen LogP contribution is 2.41. The van der Waals surface area contributed by atoms with Gasteiger partial charge in [-0.15, -0.1) is 0 Å². The minimum Gasteiger partial charge on any atom is -0.294 e. The van der Waals surface area contributed by atoms with Crippen LogP contribution >= 0.6 is 24.0 Å². The van der Waals surface area contributed by atoms with Crippen molar-refractivity contribution in [1.82, 2.24) is 4.90 Å². The van der Waals surface area contributed by atoms with Gasteiger partial charge < -0.3 is 0 Å². The van der Waals surface area contributed by atoms with E-state index < -0.39 is 5.82 Å². The molecule has 5 nitrogen and oxygen atoms in total. The molecule has 1 amide bonds. The molecule has 1 heterocycles. The summed E-state index contributed by atoms with van der Waals surface area (Å²) in [6.45, 7) is 2.29. The molecule has 1 fully saturated rings. The number of hydrogen-bond acceptors (Lipinski definition) is 6. The van der Waals surface area contributed by atoms with Crippen LogP contribution in [0.15, 0.2) is 23.1 Å². The van der Waals surface area contributed by atoms with Crippen molar-refractivity contribution < 1.29 is 23.6 Å². The summed E-state index contributed by atoms with van der Waals surface area (Å²) in [5.41, 5.74) is 1.20. The van der Waals surface area contributed by atoms with E-state index in [2.05, 4.69) is 0 Å². The lowest BCUT2D eigenvalue weighted by Crippen LogP contribution is -2.27. The van der Waals surface area contributed by atoms with Crippen molar-refractivity contribution in [2.45, 2.75) is 13.3 Å². The monoisotopic (exact) mass is 351 g/mol. The topological polar surface area (TPSA) is 71.5 Å². The number of amides is 1. The Labute approximate surface area is 140 Å². The average Bonchev–Trinajstić information content (AvgIpc) is 2.97. The second-order valence-electron chi connectivity index (χ2n) is 4.57. The lowest BCUT2D eigenvalue weighted by atomic mass is 10.1. The summed E-state index contributed by atoms with van der Waals surface area (Å²) in [6, 6.07) is 4.55. The molecule has 0 atom stereocenters. The van der Waals surface area contributed by atoms with Crippen LogP contribution in [0.5, 0.6) is 0 Å². The van der Waals surface area contributed by atoms with Crippen LogP contribution in [0.25, 0.3) is 5.57 Å². The highest BCUT2D eigenvalue weighted by molar-refractivity contribution is 8.26. The van der Waals surface area contributed by atoms with Crippen molar-refractivity contribution in [3.63, 3.8) is 0 Å². The molecule has 1 saturated heterocycles. The maximum absolute atomic E-state index is 13.7. The fraction of sp³-hybridized carbons (Fsp3) is 0.200. The first-order valence-electron chi connectivity index (χ1n) is 6.54. The van der Waals surface area contributed by atoms with Gasteiger partial charge in [0, 0.05) is 24.1 Å². The minimum atomic E-state index is -0.406. The van der Waals surface area contributed by atoms with Gasteiger partial charge in [-0.2, -0.15) is 9.59 Å². The average molecular weight is 351 g/mol. The van der Waals surface area contributed by atoms with Crippen LogP contribution < -0.4 is 0 Å². The third kappa shape index (κ3) is 3.01. The Bertz CT molecular complexity index is 782. The Morgan fingerprint density at radius 3 is 2.57 bits per heavy atom. The molecule has 23 heavy (non-hydrogen) atoms. The van der Waals surface area contributed by atoms with Crippen molar-refractivity contribution in [2.75, 3.05) is 6.54 Å². The summed E-state index contributed by atoms with van der Waals surface area (Å²) in [7, 11) is 0. The number of fused-ring (bicyclic) bond motifs is 1. The summed E-state index contributed by atoms with van der Waals surface area (Å²) >= 11 is 6.26. The lowest BCUT2D eigenvalue weighted by Gasteiger charge is -2.10. The summed E-state index contributed by atoms with van der Waals surface area (Å²) in [4.78, 5) is 42.5. The van der Waals surface area contributed by atoms with Crippen molar-refractivity contribution in [1.29, 1.82) is 0 Å². The molecule has 1 aromatic rings. The van der Waals surface area contributed by atoms with E-state index in [1.54, 1.807) is 12.1 Å². The summed E-state index contributed by atoms with van der Waals surface area (Å²) < 4.78 is 14.2. The Hall–Kier alpha value is -2.15. The van der Waals surface area contributed by atoms with E-state index in [4.69, 9.17) is 21.8 Å². The molecule has 8 heteroatoms. The number of Topliss-reactive ketones (excluding diaryl/α,β-unsaturated/α-hetero) is 1. The van der Waals surface area contributed by atoms with Crippen LogP contribution in [0.1, 0.15) is 18.1 Å². The van der Waals surface area contributed by atoms with E-state index >= 15 is 0 Å². The zero-order chi connectivity index (χ0) is 17.1. The summed E-state index contributed by atoms with van der Waals surface area (Å²) in [5, 5.41) is 0. The Morgan fingerprint density at radius 1 is 1.35 bits per heavy atom. The number of rotatable bonds is 1. The molecule has 1 aliphatic carbocycles. The molecule has 0 spiro atoms. The second-order valence-corrected chi connectivity index (χ2v) is 6.21. The molecule has 118 valence electrons. The largest absolute Gasteiger partial charge is 0.373 e. The normalized spacial score (nSPS) is 19.4. The number of thiocarbonyl (C=S) groups is 1. The molecular weight excluding hydrogens is 341 g/mol. The number of halogens is 1. The fourth-order valence-electron chi connectivity index (χ4n) is 2.44. The van der Waals surface area contributed by atoms with Gasteiger partial charge in [-0.1, -0.05) is 36.1 Å². The number of carbonyl (C=O) groups excluding carboxylic acids is 4. The molecule has 1 aliphatic heterocycles. The van der Waals surface area contributed by atoms with E-state index in [0.717, 1.165) is 11.8 Å². The molecule has 0 bridgehead atoms. The Morgan fingerprint density at radius 2 is 2.00 bits per heavy atom. The maximum Gasteiger partial charge on any atom is 0.373 e. The number of allylic oxidation sites excluding steroid dienone is 1. The third-order valence-corrected chi connectivity index (χ3v) is 4.85. The first-order chi connectivity index (χ1) is 11.0. The highest BCUT2D eigenvalue weighted by Gasteiger charge is 2.38. The van der Waals surface area contributed by atoms with Crippen molar-refractivity contribution in [2.24, 2.45) is 0 Å². The van der Waals surface area contributed by atoms with Crippen LogP contribution in [-0.4, -0.2) is 33.6 Å². The molecule has 3 rings (SSSR count). The first kappa shape index (κ1) is 17.2. The number of likely N-dealkylation sites (N-methyl/N-ethyl adjacent to an activating group) is 1. The van der Waals surface area contributed by atoms with Crippen LogP contribution in [0.2, 0.25) is 0 Å². The smallest absolute Gasteiger partial charge is 0.294 e. The number of carbonyl (C=O) groups is 2. The van der Waals surface area contributed by atoms with Crippen LogP contribution in [0.3, 0.4) is 0 Å². The van der Waals surface area contributed by atoms with Crippen LogP contribution in [0.4, 0.5) is 4.39 Å². The molecule has 0 N–H and O–H groups in total. The minimum absolute atomic E-state index is 0.00751. The third-order valence-electron chi connectivity index (χ3n) is 3.40. The predicted octanol–water partition coefficient (Wildman–Crippen LogP) is 1.96. The lowest BCUT2D eigenvalue weighted by molar-refractivity contribution is -0.191. The molecule has 0 aromatic heterocycles. The van der Waals surface area contributed by atoms with Gasteiger partial charge in [0.25, 0.3) is 5.91 Å². The van der Waals surface area contributed by atoms with Gasteiger partial charge in [-0.3, -0.25) is 14.5 Å². The SMILES string of the molecule is CCN1C(=O)/C(=C2/C(=O)Cc3c(F)cccc32)SC1=S.O=C=O. The van der Waals surface area contributed by atoms with Gasteiger partial charge in [0.15, 0.2) is 5.78 Å². The number of hydrogen-bond donors (Lipinski definition) is 0. The maximum atomic E-state index is 13.7. The molecule has 1 aromatic carbocycles. The zero-order valence-electron chi connectivity index (χ0n) is 11.9. The van der Waals surface area contributed by atoms with Crippen LogP contribution in [0, 0.1) is 5.82 Å². The van der Waals surface area contributed by atoms with Crippen LogP contribution in [-0.2, 0) is 25.6 Å². The molecule has 0 radical (unpaired) electrons. The molecule has 0 saturated carbocycles. The molecule has 0 unspecified atom stereocenters. The van der Waals surface area contributed by atoms with E-state index in [1.807, 2.05) is 6.92 Å². The van der Waals surface area contributed by atoms with Gasteiger partial charge in [0.1, 0.15) is 10.1 Å². The number of nitrogens with zero attached hydrogens (tertiary/aromatic N) is 1. The first-order valence-corrected chi connectivity index (χ1v) is 7.76.